The number of nitrogens with zero attached hydrogens (tertiary/aromatic N) is 4. The highest BCUT2D eigenvalue weighted by molar-refractivity contribution is 6.35. The molecule has 5 rings (SSSR count). The Bertz CT molecular complexity index is 2470. The Morgan fingerprint density at radius 1 is 0.850 bits per heavy atom. The Morgan fingerprint density at radius 3 is 2.10 bits per heavy atom. The molecule has 12 atom stereocenters. The third-order valence-corrected chi connectivity index (χ3v) is 16.3. The number of likely N-dealkylation sites (tertiary alicyclic amines) is 2. The number of rotatable bonds is 14. The fraction of sp³-hybridized carbons (Fsp3) is 0.707. The number of benzene rings is 1. The number of likely N-dealkylation sites (N-methyl/N-ethyl adjacent to an activating group) is 1. The lowest BCUT2D eigenvalue weighted by molar-refractivity contribution is -0.163. The topological polar surface area (TPSA) is 285 Å². The van der Waals surface area contributed by atoms with Gasteiger partial charge < -0.3 is 54.9 Å². The summed E-state index contributed by atoms with van der Waals surface area (Å²) in [7, 11) is 2.89. The van der Waals surface area contributed by atoms with Crippen LogP contribution in [0.4, 0.5) is 0 Å². The van der Waals surface area contributed by atoms with Gasteiger partial charge in [0.25, 0.3) is 5.91 Å². The normalized spacial score (nSPS) is 28.9. The number of Topliss-reactive ketones (excluding diaryl/α,β-unsaturated/α-hetero) is 2. The molecule has 4 aliphatic rings. The Balaban J connectivity index is 1.63. The van der Waals surface area contributed by atoms with Gasteiger partial charge in [0.15, 0.2) is 11.9 Å². The zero-order valence-electron chi connectivity index (χ0n) is 49.0. The lowest BCUT2D eigenvalue weighted by Gasteiger charge is -2.36. The number of aliphatic hydroxyl groups is 1. The molecule has 4 fully saturated rings. The van der Waals surface area contributed by atoms with Crippen molar-refractivity contribution in [1.82, 2.24) is 35.6 Å². The lowest BCUT2D eigenvalue weighted by atomic mass is 9.91. The van der Waals surface area contributed by atoms with Gasteiger partial charge in [-0.25, -0.2) is 4.79 Å². The van der Waals surface area contributed by atoms with E-state index in [4.69, 9.17) is 14.2 Å². The summed E-state index contributed by atoms with van der Waals surface area (Å²) >= 11 is 0. The lowest BCUT2D eigenvalue weighted by Crippen LogP contribution is -2.62. The fourth-order valence-electron chi connectivity index (χ4n) is 11.5. The molecular formula is C58H87N7O15. The van der Waals surface area contributed by atoms with E-state index in [1.165, 1.54) is 47.6 Å². The molecule has 4 saturated heterocycles. The molecule has 4 N–H and O–H groups in total. The molecular weight excluding hydrogens is 1030 g/mol. The first-order chi connectivity index (χ1) is 37.6. The first-order valence-electron chi connectivity index (χ1n) is 28.4. The smallest absolute Gasteiger partial charge is 0.329 e. The highest BCUT2D eigenvalue weighted by Gasteiger charge is 2.57. The second-order valence-electron chi connectivity index (χ2n) is 23.5. The number of hydrogen-bond donors (Lipinski definition) is 4. The maximum absolute atomic E-state index is 15.1. The molecule has 4 aliphatic heterocycles. The summed E-state index contributed by atoms with van der Waals surface area (Å²) in [4.78, 5) is 162. The molecule has 7 amide bonds. The Kier molecular flexibility index (Phi) is 22.4. The van der Waals surface area contributed by atoms with E-state index in [-0.39, 0.29) is 70.0 Å². The number of carbonyl (C=O) groups is 11. The second kappa shape index (κ2) is 27.8. The van der Waals surface area contributed by atoms with E-state index >= 15 is 9.59 Å². The fourth-order valence-corrected chi connectivity index (χ4v) is 11.5. The molecule has 22 heteroatoms. The van der Waals surface area contributed by atoms with E-state index in [1.54, 1.807) is 52.0 Å². The summed E-state index contributed by atoms with van der Waals surface area (Å²) in [6.07, 6.45) is -3.48. The van der Waals surface area contributed by atoms with Crippen LogP contribution < -0.4 is 20.7 Å². The van der Waals surface area contributed by atoms with E-state index in [0.717, 1.165) is 6.92 Å². The standard InChI is InChI=1S/C58H87N7O15/c1-14-34(8)46-44(67)30-45(68)80-49(33(6)7)48(69)35(9)50(70)59-40(27-31(2)3)54(74)63-24-15-17-41(63)55(75)62(12)43(29-38-18-20-39(78-13)21-19-38)56(76)79-37(11)47(52(72)60-46)61-51(71)42(28-32(4)5)64-26-23-58(57(64)77)22-16-25-65(58)53(73)36(10)66/h18-21,31-35,37,40-44,46-47,49,67H,14-17,22-30H2,1-13H3,(H,59,70)(H,60,72)(H,61,71)/t34-,35-,37+,40-,41-,42+,43-,44-,46-,47+,49-,58+/m0/s1. The second-order valence-corrected chi connectivity index (χ2v) is 23.5. The molecule has 444 valence electrons. The predicted molar refractivity (Wildman–Crippen MR) is 292 cm³/mol. The minimum Gasteiger partial charge on any atom is -0.497 e. The van der Waals surface area contributed by atoms with E-state index in [1.807, 2.05) is 27.7 Å². The van der Waals surface area contributed by atoms with Crippen molar-refractivity contribution in [2.75, 3.05) is 33.8 Å². The molecule has 0 aliphatic carbocycles. The largest absolute Gasteiger partial charge is 0.497 e. The average Bonchev–Trinajstić information content (AvgIpc) is 4.16. The summed E-state index contributed by atoms with van der Waals surface area (Å²) < 4.78 is 17.3. The maximum Gasteiger partial charge on any atom is 0.329 e. The van der Waals surface area contributed by atoms with Crippen LogP contribution in [0.3, 0.4) is 0 Å². The summed E-state index contributed by atoms with van der Waals surface area (Å²) in [5, 5.41) is 20.2. The van der Waals surface area contributed by atoms with Gasteiger partial charge >= 0.3 is 11.9 Å². The van der Waals surface area contributed by atoms with Gasteiger partial charge in [0, 0.05) is 40.0 Å². The Hall–Kier alpha value is -6.45. The van der Waals surface area contributed by atoms with Gasteiger partial charge in [-0.1, -0.05) is 73.9 Å². The van der Waals surface area contributed by atoms with Crippen LogP contribution in [0.2, 0.25) is 0 Å². The van der Waals surface area contributed by atoms with Crippen LogP contribution >= 0.6 is 0 Å². The van der Waals surface area contributed by atoms with Crippen molar-refractivity contribution in [2.24, 2.45) is 29.6 Å². The number of nitrogens with one attached hydrogen (secondary N) is 3. The van der Waals surface area contributed by atoms with Crippen molar-refractivity contribution >= 4 is 64.9 Å². The van der Waals surface area contributed by atoms with Gasteiger partial charge in [0.1, 0.15) is 47.6 Å². The Morgan fingerprint density at radius 2 is 1.51 bits per heavy atom. The van der Waals surface area contributed by atoms with Crippen LogP contribution in [0.25, 0.3) is 0 Å². The van der Waals surface area contributed by atoms with Crippen molar-refractivity contribution in [2.45, 2.75) is 200 Å². The highest BCUT2D eigenvalue weighted by atomic mass is 16.6. The van der Waals surface area contributed by atoms with E-state index in [0.29, 0.717) is 30.6 Å². The Labute approximate surface area is 470 Å². The molecule has 0 bridgehead atoms. The number of fused-ring (bicyclic) bond motifs is 1. The van der Waals surface area contributed by atoms with Crippen LogP contribution in [0.1, 0.15) is 140 Å². The van der Waals surface area contributed by atoms with Crippen LogP contribution in [0.5, 0.6) is 5.75 Å². The number of aliphatic hydroxyl groups excluding tert-OH is 1. The zero-order chi connectivity index (χ0) is 59.7. The third-order valence-electron chi connectivity index (χ3n) is 16.3. The highest BCUT2D eigenvalue weighted by Crippen LogP contribution is 2.40. The summed E-state index contributed by atoms with van der Waals surface area (Å²) in [6.45, 7) is 18.3. The molecule has 80 heavy (non-hydrogen) atoms. The number of carbonyl (C=O) groups excluding carboxylic acids is 11. The number of ketones is 2. The average molecular weight is 1120 g/mol. The minimum atomic E-state index is -1.76. The van der Waals surface area contributed by atoms with Crippen LogP contribution in [0, 0.1) is 29.6 Å². The van der Waals surface area contributed by atoms with E-state index < -0.39 is 149 Å². The molecule has 22 nitrogen and oxygen atoms in total. The molecule has 4 heterocycles. The van der Waals surface area contributed by atoms with Crippen molar-refractivity contribution in [3.05, 3.63) is 29.8 Å². The molecule has 0 unspecified atom stereocenters. The SMILES string of the molecule is CC[C@H](C)[C@@H]1NC(=O)[C@H](NC(=O)[C@@H](CC(C)C)N2CC[C@]3(CCCN3C(=O)C(C)=O)C2=O)[C@@H](C)OC(=O)[C@H](Cc2ccc(OC)cc2)N(C)C(=O)[C@@H]2CCCN2C(=O)[C@H](CC(C)C)NC(=O)[C@@H](C)C(=O)[C@H](C(C)C)OC(=O)C[C@@H]1O. The molecule has 0 radical (unpaired) electrons. The number of esters is 2. The quantitative estimate of drug-likeness (QED) is 0.118. The van der Waals surface area contributed by atoms with E-state index in [2.05, 4.69) is 16.0 Å². The number of hydrogen-bond acceptors (Lipinski definition) is 15. The van der Waals surface area contributed by atoms with Gasteiger partial charge in [0.05, 0.1) is 31.6 Å². The van der Waals surface area contributed by atoms with Gasteiger partial charge in [-0.15, -0.1) is 0 Å². The number of ether oxygens (including phenoxy) is 3. The predicted octanol–water partition coefficient (Wildman–Crippen LogP) is 2.67. The van der Waals surface area contributed by atoms with Crippen molar-refractivity contribution < 1.29 is 72.1 Å². The number of cyclic esters (lactones) is 2. The van der Waals surface area contributed by atoms with E-state index in [9.17, 15) is 48.3 Å². The summed E-state index contributed by atoms with van der Waals surface area (Å²) in [5.74, 6) is -11.1. The van der Waals surface area contributed by atoms with Crippen molar-refractivity contribution in [1.29, 1.82) is 0 Å². The number of amides is 7. The summed E-state index contributed by atoms with van der Waals surface area (Å²) in [5.41, 5.74) is -0.785. The molecule has 1 aromatic carbocycles. The third kappa shape index (κ3) is 14.9. The molecule has 1 spiro atoms. The molecule has 0 aromatic heterocycles. The maximum atomic E-state index is 15.1. The molecule has 1 aromatic rings. The minimum absolute atomic E-state index is 0.0376. The monoisotopic (exact) mass is 1120 g/mol. The van der Waals surface area contributed by atoms with Crippen LogP contribution in [-0.2, 0) is 68.6 Å². The van der Waals surface area contributed by atoms with Crippen molar-refractivity contribution in [3.63, 3.8) is 0 Å². The first kappa shape index (κ1) is 64.4. The first-order valence-corrected chi connectivity index (χ1v) is 28.4. The van der Waals surface area contributed by atoms with Gasteiger partial charge in [0.2, 0.25) is 41.2 Å². The van der Waals surface area contributed by atoms with Gasteiger partial charge in [-0.3, -0.25) is 47.9 Å². The summed E-state index contributed by atoms with van der Waals surface area (Å²) in [6, 6.07) is -1.17. The molecule has 0 saturated carbocycles. The van der Waals surface area contributed by atoms with Gasteiger partial charge in [-0.2, -0.15) is 0 Å². The zero-order valence-corrected chi connectivity index (χ0v) is 49.0. The number of methoxy groups -OCH3 is 1. The van der Waals surface area contributed by atoms with Crippen LogP contribution in [0.15, 0.2) is 24.3 Å². The van der Waals surface area contributed by atoms with Crippen LogP contribution in [-0.4, -0.2) is 183 Å². The van der Waals surface area contributed by atoms with Gasteiger partial charge in [-0.05, 0) is 100 Å². The van der Waals surface area contributed by atoms with Crippen molar-refractivity contribution in [3.8, 4) is 5.75 Å².